The van der Waals surface area contributed by atoms with Crippen LogP contribution in [0.5, 0.6) is 0 Å². The molecule has 0 aliphatic heterocycles. The van der Waals surface area contributed by atoms with E-state index >= 15 is 0 Å². The number of amides is 2. The highest BCUT2D eigenvalue weighted by atomic mass is 16.3. The van der Waals surface area contributed by atoms with Gasteiger partial charge in [-0.25, -0.2) is 4.79 Å². The van der Waals surface area contributed by atoms with Gasteiger partial charge in [-0.1, -0.05) is 32.1 Å². The third kappa shape index (κ3) is 7.21. The van der Waals surface area contributed by atoms with Crippen LogP contribution in [0.4, 0.5) is 4.79 Å². The molecular formula is C13H26N2O2. The van der Waals surface area contributed by atoms with Crippen molar-refractivity contribution in [3.63, 3.8) is 0 Å². The van der Waals surface area contributed by atoms with Gasteiger partial charge in [0.05, 0.1) is 6.10 Å². The van der Waals surface area contributed by atoms with Gasteiger partial charge in [0, 0.05) is 12.6 Å². The van der Waals surface area contributed by atoms with Gasteiger partial charge in [-0.05, 0) is 26.2 Å². The molecule has 0 aromatic carbocycles. The predicted molar refractivity (Wildman–Crippen MR) is 68.9 cm³/mol. The maximum absolute atomic E-state index is 11.6. The fraction of sp³-hybridized carbons (Fsp3) is 0.923. The van der Waals surface area contributed by atoms with Crippen molar-refractivity contribution < 1.29 is 9.90 Å². The number of carbonyl (C=O) groups excluding carboxylic acids is 1. The number of hydrogen-bond acceptors (Lipinski definition) is 2. The highest BCUT2D eigenvalue weighted by Crippen LogP contribution is 2.16. The molecule has 0 saturated heterocycles. The molecule has 0 bridgehead atoms. The second-order valence-corrected chi connectivity index (χ2v) is 5.08. The molecule has 1 unspecified atom stereocenters. The SMILES string of the molecule is CC(O)CCNC(=O)NC1CCCCCCC1. The third-order valence-corrected chi connectivity index (χ3v) is 3.29. The molecule has 0 radical (unpaired) electrons. The van der Waals surface area contributed by atoms with E-state index in [4.69, 9.17) is 5.11 Å². The number of carbonyl (C=O) groups is 1. The van der Waals surface area contributed by atoms with E-state index in [-0.39, 0.29) is 12.1 Å². The minimum Gasteiger partial charge on any atom is -0.393 e. The Labute approximate surface area is 104 Å². The maximum atomic E-state index is 11.6. The van der Waals surface area contributed by atoms with Gasteiger partial charge in [0.1, 0.15) is 0 Å². The average Bonchev–Trinajstić information content (AvgIpc) is 2.21. The number of nitrogens with one attached hydrogen (secondary N) is 2. The van der Waals surface area contributed by atoms with E-state index in [9.17, 15) is 4.79 Å². The Bertz CT molecular complexity index is 211. The number of aliphatic hydroxyl groups is 1. The van der Waals surface area contributed by atoms with E-state index in [1.165, 1.54) is 32.1 Å². The van der Waals surface area contributed by atoms with Crippen molar-refractivity contribution in [1.29, 1.82) is 0 Å². The van der Waals surface area contributed by atoms with E-state index in [0.29, 0.717) is 19.0 Å². The van der Waals surface area contributed by atoms with Gasteiger partial charge in [0.25, 0.3) is 0 Å². The summed E-state index contributed by atoms with van der Waals surface area (Å²) < 4.78 is 0. The fourth-order valence-electron chi connectivity index (χ4n) is 2.23. The van der Waals surface area contributed by atoms with Crippen LogP contribution in [0.2, 0.25) is 0 Å². The van der Waals surface area contributed by atoms with E-state index in [0.717, 1.165) is 12.8 Å². The van der Waals surface area contributed by atoms with Crippen molar-refractivity contribution in [2.24, 2.45) is 0 Å². The van der Waals surface area contributed by atoms with Crippen LogP contribution in [0.25, 0.3) is 0 Å². The van der Waals surface area contributed by atoms with Crippen LogP contribution in [-0.4, -0.2) is 29.8 Å². The smallest absolute Gasteiger partial charge is 0.315 e. The molecule has 1 atom stereocenters. The highest BCUT2D eigenvalue weighted by molar-refractivity contribution is 5.74. The Morgan fingerprint density at radius 2 is 1.82 bits per heavy atom. The molecule has 100 valence electrons. The van der Waals surface area contributed by atoms with Gasteiger partial charge in [-0.3, -0.25) is 0 Å². The summed E-state index contributed by atoms with van der Waals surface area (Å²) in [6.07, 6.45) is 8.83. The monoisotopic (exact) mass is 242 g/mol. The molecule has 4 nitrogen and oxygen atoms in total. The van der Waals surface area contributed by atoms with E-state index < -0.39 is 0 Å². The van der Waals surface area contributed by atoms with Gasteiger partial charge >= 0.3 is 6.03 Å². The van der Waals surface area contributed by atoms with Gasteiger partial charge in [-0.15, -0.1) is 0 Å². The summed E-state index contributed by atoms with van der Waals surface area (Å²) in [7, 11) is 0. The largest absolute Gasteiger partial charge is 0.393 e. The fourth-order valence-corrected chi connectivity index (χ4v) is 2.23. The lowest BCUT2D eigenvalue weighted by atomic mass is 9.97. The lowest BCUT2D eigenvalue weighted by Gasteiger charge is -2.21. The molecule has 3 N–H and O–H groups in total. The average molecular weight is 242 g/mol. The quantitative estimate of drug-likeness (QED) is 0.707. The Kier molecular flexibility index (Phi) is 7.01. The molecule has 1 saturated carbocycles. The van der Waals surface area contributed by atoms with Crippen LogP contribution in [0.1, 0.15) is 58.3 Å². The zero-order valence-electron chi connectivity index (χ0n) is 10.9. The highest BCUT2D eigenvalue weighted by Gasteiger charge is 2.13. The van der Waals surface area contributed by atoms with Crippen molar-refractivity contribution in [3.05, 3.63) is 0 Å². The summed E-state index contributed by atoms with van der Waals surface area (Å²) in [6, 6.07) is 0.248. The van der Waals surface area contributed by atoms with Crippen LogP contribution in [0.15, 0.2) is 0 Å². The van der Waals surface area contributed by atoms with E-state index in [1.807, 2.05) is 0 Å². The Morgan fingerprint density at radius 3 is 2.41 bits per heavy atom. The standard InChI is InChI=1S/C13H26N2O2/c1-11(16)9-10-14-13(17)15-12-7-5-3-2-4-6-8-12/h11-12,16H,2-10H2,1H3,(H2,14,15,17). The van der Waals surface area contributed by atoms with Crippen molar-refractivity contribution in [2.45, 2.75) is 70.4 Å². The molecule has 0 heterocycles. The summed E-state index contributed by atoms with van der Waals surface area (Å²) in [4.78, 5) is 11.6. The summed E-state index contributed by atoms with van der Waals surface area (Å²) >= 11 is 0. The first-order valence-corrected chi connectivity index (χ1v) is 6.91. The minimum atomic E-state index is -0.350. The third-order valence-electron chi connectivity index (χ3n) is 3.29. The second kappa shape index (κ2) is 8.34. The maximum Gasteiger partial charge on any atom is 0.315 e. The van der Waals surface area contributed by atoms with E-state index in [1.54, 1.807) is 6.92 Å². The lowest BCUT2D eigenvalue weighted by molar-refractivity contribution is 0.183. The Balaban J connectivity index is 2.14. The topological polar surface area (TPSA) is 61.4 Å². The molecular weight excluding hydrogens is 216 g/mol. The van der Waals surface area contributed by atoms with Crippen LogP contribution in [0.3, 0.4) is 0 Å². The van der Waals surface area contributed by atoms with Crippen molar-refractivity contribution in [1.82, 2.24) is 10.6 Å². The Hall–Kier alpha value is -0.770. The molecule has 0 spiro atoms. The minimum absolute atomic E-state index is 0.0868. The number of rotatable bonds is 4. The van der Waals surface area contributed by atoms with Gasteiger partial charge < -0.3 is 15.7 Å². The first-order valence-electron chi connectivity index (χ1n) is 6.91. The summed E-state index contributed by atoms with van der Waals surface area (Å²) in [5, 5.41) is 14.9. The Morgan fingerprint density at radius 1 is 1.24 bits per heavy atom. The molecule has 17 heavy (non-hydrogen) atoms. The molecule has 1 aliphatic rings. The molecule has 4 heteroatoms. The second-order valence-electron chi connectivity index (χ2n) is 5.08. The predicted octanol–water partition coefficient (Wildman–Crippen LogP) is 2.17. The molecule has 2 amide bonds. The summed E-state index contributed by atoms with van der Waals surface area (Å²) in [6.45, 7) is 2.27. The lowest BCUT2D eigenvalue weighted by Crippen LogP contribution is -2.43. The van der Waals surface area contributed by atoms with Crippen LogP contribution in [-0.2, 0) is 0 Å². The first kappa shape index (κ1) is 14.3. The molecule has 1 fully saturated rings. The van der Waals surface area contributed by atoms with Gasteiger partial charge in [0.2, 0.25) is 0 Å². The zero-order chi connectivity index (χ0) is 12.5. The number of hydrogen-bond donors (Lipinski definition) is 3. The van der Waals surface area contributed by atoms with Crippen LogP contribution >= 0.6 is 0 Å². The van der Waals surface area contributed by atoms with Gasteiger partial charge in [-0.2, -0.15) is 0 Å². The van der Waals surface area contributed by atoms with Crippen molar-refractivity contribution in [3.8, 4) is 0 Å². The van der Waals surface area contributed by atoms with Crippen molar-refractivity contribution >= 4 is 6.03 Å². The molecule has 0 aromatic heterocycles. The zero-order valence-corrected chi connectivity index (χ0v) is 10.9. The molecule has 0 aromatic rings. The normalized spacial score (nSPS) is 20.1. The number of aliphatic hydroxyl groups excluding tert-OH is 1. The van der Waals surface area contributed by atoms with Crippen LogP contribution < -0.4 is 10.6 Å². The summed E-state index contributed by atoms with van der Waals surface area (Å²) in [5.41, 5.74) is 0. The first-order chi connectivity index (χ1) is 8.18. The van der Waals surface area contributed by atoms with Crippen LogP contribution in [0, 0.1) is 0 Å². The molecule has 1 aliphatic carbocycles. The number of urea groups is 1. The van der Waals surface area contributed by atoms with E-state index in [2.05, 4.69) is 10.6 Å². The summed E-state index contributed by atoms with van der Waals surface area (Å²) in [5.74, 6) is 0. The molecule has 1 rings (SSSR count). The van der Waals surface area contributed by atoms with Crippen molar-refractivity contribution in [2.75, 3.05) is 6.54 Å². The van der Waals surface area contributed by atoms with Gasteiger partial charge in [0.15, 0.2) is 0 Å².